The fourth-order valence-corrected chi connectivity index (χ4v) is 1.67. The number of nitrogens with zero attached hydrogens (tertiary/aromatic N) is 1. The van der Waals surface area contributed by atoms with Crippen molar-refractivity contribution in [2.45, 2.75) is 12.5 Å². The predicted molar refractivity (Wildman–Crippen MR) is 76.7 cm³/mol. The number of nitrogens with one attached hydrogen (secondary N) is 2. The van der Waals surface area contributed by atoms with Crippen LogP contribution in [0.5, 0.6) is 0 Å². The Bertz CT molecular complexity index is 502. The van der Waals surface area contributed by atoms with Gasteiger partial charge in [-0.3, -0.25) is 9.59 Å². The molecule has 0 radical (unpaired) electrons. The molecular formula is C14H19N3O4. The minimum atomic E-state index is -1.01. The molecule has 0 saturated carbocycles. The molecule has 1 aromatic carbocycles. The number of urea groups is 1. The molecule has 0 bridgehead atoms. The van der Waals surface area contributed by atoms with E-state index in [2.05, 4.69) is 10.6 Å². The lowest BCUT2D eigenvalue weighted by Gasteiger charge is -2.18. The van der Waals surface area contributed by atoms with Crippen LogP contribution in [-0.4, -0.2) is 48.6 Å². The maximum absolute atomic E-state index is 11.8. The van der Waals surface area contributed by atoms with E-state index in [0.717, 1.165) is 0 Å². The lowest BCUT2D eigenvalue weighted by atomic mass is 10.0. The number of carboxylic acids is 1. The maximum atomic E-state index is 11.8. The van der Waals surface area contributed by atoms with Crippen molar-refractivity contribution in [1.82, 2.24) is 15.5 Å². The van der Waals surface area contributed by atoms with E-state index < -0.39 is 17.9 Å². The van der Waals surface area contributed by atoms with Crippen LogP contribution in [0.4, 0.5) is 4.79 Å². The van der Waals surface area contributed by atoms with Crippen LogP contribution in [-0.2, 0) is 9.59 Å². The molecule has 0 aromatic heterocycles. The van der Waals surface area contributed by atoms with Gasteiger partial charge in [-0.25, -0.2) is 4.79 Å². The zero-order chi connectivity index (χ0) is 15.8. The minimum absolute atomic E-state index is 0.208. The van der Waals surface area contributed by atoms with Crippen LogP contribution in [0, 0.1) is 0 Å². The van der Waals surface area contributed by atoms with E-state index in [9.17, 15) is 14.4 Å². The Hall–Kier alpha value is -2.57. The molecular weight excluding hydrogens is 274 g/mol. The van der Waals surface area contributed by atoms with E-state index >= 15 is 0 Å². The second-order valence-electron chi connectivity index (χ2n) is 4.68. The van der Waals surface area contributed by atoms with Crippen molar-refractivity contribution >= 4 is 17.9 Å². The van der Waals surface area contributed by atoms with Crippen LogP contribution in [0.1, 0.15) is 18.0 Å². The third-order valence-electron chi connectivity index (χ3n) is 2.72. The van der Waals surface area contributed by atoms with Gasteiger partial charge in [-0.2, -0.15) is 0 Å². The van der Waals surface area contributed by atoms with Gasteiger partial charge >= 0.3 is 12.0 Å². The molecule has 1 atom stereocenters. The first-order chi connectivity index (χ1) is 9.90. The van der Waals surface area contributed by atoms with E-state index in [0.29, 0.717) is 5.56 Å². The second kappa shape index (κ2) is 7.88. The van der Waals surface area contributed by atoms with Crippen LogP contribution >= 0.6 is 0 Å². The van der Waals surface area contributed by atoms with Crippen molar-refractivity contribution in [3.8, 4) is 0 Å². The Balaban J connectivity index is 2.63. The molecule has 0 saturated heterocycles. The third kappa shape index (κ3) is 5.94. The van der Waals surface area contributed by atoms with Crippen LogP contribution in [0.25, 0.3) is 0 Å². The van der Waals surface area contributed by atoms with Crippen LogP contribution in [0.2, 0.25) is 0 Å². The third-order valence-corrected chi connectivity index (χ3v) is 2.72. The van der Waals surface area contributed by atoms with Crippen molar-refractivity contribution in [2.75, 3.05) is 20.6 Å². The van der Waals surface area contributed by atoms with Gasteiger partial charge in [0.2, 0.25) is 5.91 Å². The Morgan fingerprint density at radius 2 is 1.81 bits per heavy atom. The molecule has 114 valence electrons. The summed E-state index contributed by atoms with van der Waals surface area (Å²) in [6.45, 7) is -0.208. The van der Waals surface area contributed by atoms with Crippen LogP contribution in [0.3, 0.4) is 0 Å². The molecule has 0 spiro atoms. The SMILES string of the molecule is CN(C)C(=O)NCC(=O)N[C@H](CC(=O)O)c1ccccc1. The highest BCUT2D eigenvalue weighted by Gasteiger charge is 2.18. The Morgan fingerprint density at radius 3 is 2.33 bits per heavy atom. The normalized spacial score (nSPS) is 11.3. The van der Waals surface area contributed by atoms with Gasteiger partial charge in [0.1, 0.15) is 0 Å². The molecule has 0 aliphatic carbocycles. The molecule has 0 heterocycles. The van der Waals surface area contributed by atoms with Crippen LogP contribution < -0.4 is 10.6 Å². The summed E-state index contributed by atoms with van der Waals surface area (Å²) in [7, 11) is 3.12. The lowest BCUT2D eigenvalue weighted by molar-refractivity contribution is -0.137. The topological polar surface area (TPSA) is 98.7 Å². The molecule has 7 heteroatoms. The maximum Gasteiger partial charge on any atom is 0.317 e. The van der Waals surface area contributed by atoms with E-state index in [-0.39, 0.29) is 19.0 Å². The van der Waals surface area contributed by atoms with Gasteiger partial charge in [0.15, 0.2) is 0 Å². The number of benzene rings is 1. The molecule has 0 unspecified atom stereocenters. The van der Waals surface area contributed by atoms with Crippen LogP contribution in [0.15, 0.2) is 30.3 Å². The summed E-state index contributed by atoms with van der Waals surface area (Å²) < 4.78 is 0. The summed E-state index contributed by atoms with van der Waals surface area (Å²) in [4.78, 5) is 35.3. The average Bonchev–Trinajstić information content (AvgIpc) is 2.44. The summed E-state index contributed by atoms with van der Waals surface area (Å²) in [5.74, 6) is -1.46. The summed E-state index contributed by atoms with van der Waals surface area (Å²) in [5, 5.41) is 13.9. The lowest BCUT2D eigenvalue weighted by Crippen LogP contribution is -2.42. The predicted octanol–water partition coefficient (Wildman–Crippen LogP) is 0.590. The molecule has 21 heavy (non-hydrogen) atoms. The Labute approximate surface area is 122 Å². The fourth-order valence-electron chi connectivity index (χ4n) is 1.67. The first-order valence-corrected chi connectivity index (χ1v) is 6.41. The number of hydrogen-bond acceptors (Lipinski definition) is 3. The van der Waals surface area contributed by atoms with Crippen molar-refractivity contribution in [3.63, 3.8) is 0 Å². The highest BCUT2D eigenvalue weighted by Crippen LogP contribution is 2.16. The van der Waals surface area contributed by atoms with E-state index in [4.69, 9.17) is 5.11 Å². The number of carbonyl (C=O) groups is 3. The minimum Gasteiger partial charge on any atom is -0.481 e. The Morgan fingerprint density at radius 1 is 1.19 bits per heavy atom. The summed E-state index contributed by atoms with van der Waals surface area (Å²) in [6, 6.07) is 7.81. The zero-order valence-corrected chi connectivity index (χ0v) is 12.0. The standard InChI is InChI=1S/C14H19N3O4/c1-17(2)14(21)15-9-12(18)16-11(8-13(19)20)10-6-4-3-5-7-10/h3-7,11H,8-9H2,1-2H3,(H,15,21)(H,16,18)(H,19,20)/t11-/m1/s1. The number of carboxylic acid groups (broad SMARTS) is 1. The van der Waals surface area contributed by atoms with Crippen molar-refractivity contribution in [3.05, 3.63) is 35.9 Å². The van der Waals surface area contributed by atoms with Gasteiger partial charge in [-0.05, 0) is 5.56 Å². The first kappa shape index (κ1) is 16.5. The van der Waals surface area contributed by atoms with Gasteiger partial charge in [0, 0.05) is 14.1 Å². The quantitative estimate of drug-likeness (QED) is 0.715. The number of amides is 3. The summed E-state index contributed by atoms with van der Waals surface area (Å²) >= 11 is 0. The van der Waals surface area contributed by atoms with Gasteiger partial charge in [0.05, 0.1) is 19.0 Å². The number of aliphatic carboxylic acids is 1. The van der Waals surface area contributed by atoms with Crippen molar-refractivity contribution in [2.24, 2.45) is 0 Å². The smallest absolute Gasteiger partial charge is 0.317 e. The first-order valence-electron chi connectivity index (χ1n) is 6.41. The van der Waals surface area contributed by atoms with Gasteiger partial charge < -0.3 is 20.6 Å². The summed E-state index contributed by atoms with van der Waals surface area (Å²) in [6.07, 6.45) is -0.225. The number of rotatable bonds is 6. The molecule has 3 amide bonds. The zero-order valence-electron chi connectivity index (χ0n) is 12.0. The largest absolute Gasteiger partial charge is 0.481 e. The van der Waals surface area contributed by atoms with E-state index in [1.807, 2.05) is 0 Å². The Kier molecular flexibility index (Phi) is 6.19. The summed E-state index contributed by atoms with van der Waals surface area (Å²) in [5.41, 5.74) is 0.701. The fraction of sp³-hybridized carbons (Fsp3) is 0.357. The van der Waals surface area contributed by atoms with Gasteiger partial charge in [-0.1, -0.05) is 30.3 Å². The van der Waals surface area contributed by atoms with E-state index in [1.165, 1.54) is 4.90 Å². The van der Waals surface area contributed by atoms with Crippen molar-refractivity contribution in [1.29, 1.82) is 0 Å². The molecule has 1 rings (SSSR count). The number of hydrogen-bond donors (Lipinski definition) is 3. The highest BCUT2D eigenvalue weighted by molar-refractivity contribution is 5.84. The molecule has 0 aliphatic rings. The molecule has 3 N–H and O–H groups in total. The second-order valence-corrected chi connectivity index (χ2v) is 4.68. The number of carbonyl (C=O) groups excluding carboxylic acids is 2. The van der Waals surface area contributed by atoms with Gasteiger partial charge in [0.25, 0.3) is 0 Å². The molecule has 1 aromatic rings. The van der Waals surface area contributed by atoms with E-state index in [1.54, 1.807) is 44.4 Å². The van der Waals surface area contributed by atoms with Gasteiger partial charge in [-0.15, -0.1) is 0 Å². The average molecular weight is 293 g/mol. The van der Waals surface area contributed by atoms with Crippen molar-refractivity contribution < 1.29 is 19.5 Å². The molecule has 0 aliphatic heterocycles. The molecule has 0 fully saturated rings. The highest BCUT2D eigenvalue weighted by atomic mass is 16.4. The monoisotopic (exact) mass is 293 g/mol. The molecule has 7 nitrogen and oxygen atoms in total.